The maximum Gasteiger partial charge on any atom is 0.261 e. The number of nitrogens with zero attached hydrogens (tertiary/aromatic N) is 2. The van der Waals surface area contributed by atoms with Crippen molar-refractivity contribution in [3.8, 4) is 0 Å². The molecule has 0 atom stereocenters. The highest BCUT2D eigenvalue weighted by Crippen LogP contribution is 2.28. The molecule has 7 heteroatoms. The van der Waals surface area contributed by atoms with E-state index in [1.807, 2.05) is 4.90 Å². The molecule has 3 amide bonds. The molecule has 1 saturated carbocycles. The Kier molecular flexibility index (Phi) is 5.34. The van der Waals surface area contributed by atoms with Gasteiger partial charge in [0.15, 0.2) is 0 Å². The van der Waals surface area contributed by atoms with Crippen LogP contribution in [0.3, 0.4) is 0 Å². The Bertz CT molecular complexity index is 740. The van der Waals surface area contributed by atoms with Crippen LogP contribution in [0.1, 0.15) is 56.8 Å². The van der Waals surface area contributed by atoms with Gasteiger partial charge in [-0.3, -0.25) is 19.3 Å². The third-order valence-electron chi connectivity index (χ3n) is 5.51. The molecule has 0 spiro atoms. The van der Waals surface area contributed by atoms with Crippen molar-refractivity contribution in [1.29, 1.82) is 0 Å². The number of hydrogen-bond acceptors (Lipinski definition) is 4. The van der Waals surface area contributed by atoms with E-state index in [1.54, 1.807) is 18.2 Å². The molecule has 0 radical (unpaired) electrons. The first-order valence-corrected chi connectivity index (χ1v) is 9.03. The van der Waals surface area contributed by atoms with Crippen LogP contribution in [0.5, 0.6) is 0 Å². The Hall–Kier alpha value is -1.92. The van der Waals surface area contributed by atoms with Gasteiger partial charge in [0.05, 0.1) is 11.1 Å². The van der Waals surface area contributed by atoms with Crippen molar-refractivity contribution in [1.82, 2.24) is 15.1 Å². The first-order valence-electron chi connectivity index (χ1n) is 9.03. The van der Waals surface area contributed by atoms with E-state index in [-0.39, 0.29) is 30.1 Å². The maximum atomic E-state index is 12.7. The van der Waals surface area contributed by atoms with Crippen molar-refractivity contribution in [2.45, 2.75) is 31.7 Å². The van der Waals surface area contributed by atoms with Gasteiger partial charge >= 0.3 is 0 Å². The van der Waals surface area contributed by atoms with Crippen LogP contribution in [0.4, 0.5) is 0 Å². The molecule has 0 unspecified atom stereocenters. The third kappa shape index (κ3) is 3.48. The van der Waals surface area contributed by atoms with Crippen molar-refractivity contribution in [3.63, 3.8) is 0 Å². The van der Waals surface area contributed by atoms with Crippen LogP contribution in [0.15, 0.2) is 18.2 Å². The lowest BCUT2D eigenvalue weighted by Crippen LogP contribution is -2.45. The Labute approximate surface area is 159 Å². The number of carbonyl (C=O) groups is 3. The molecule has 2 heterocycles. The molecule has 4 rings (SSSR count). The van der Waals surface area contributed by atoms with Gasteiger partial charge in [-0.2, -0.15) is 0 Å². The molecular weight excluding hydrogens is 354 g/mol. The summed E-state index contributed by atoms with van der Waals surface area (Å²) >= 11 is 0. The SMILES string of the molecule is CN1C(=O)c2ccc(C(=O)N3CCC(NCC4CC4)CC3)cc2C1=O.Cl. The van der Waals surface area contributed by atoms with E-state index < -0.39 is 0 Å². The molecule has 26 heavy (non-hydrogen) atoms. The molecule has 2 aliphatic heterocycles. The van der Waals surface area contributed by atoms with Crippen LogP contribution in [0, 0.1) is 5.92 Å². The van der Waals surface area contributed by atoms with E-state index in [0.29, 0.717) is 22.7 Å². The predicted molar refractivity (Wildman–Crippen MR) is 99.8 cm³/mol. The van der Waals surface area contributed by atoms with Crippen LogP contribution in [0.2, 0.25) is 0 Å². The van der Waals surface area contributed by atoms with Gasteiger partial charge in [0.2, 0.25) is 0 Å². The van der Waals surface area contributed by atoms with Gasteiger partial charge < -0.3 is 10.2 Å². The molecule has 0 bridgehead atoms. The van der Waals surface area contributed by atoms with Gasteiger partial charge in [-0.1, -0.05) is 0 Å². The fraction of sp³-hybridized carbons (Fsp3) is 0.526. The quantitative estimate of drug-likeness (QED) is 0.814. The lowest BCUT2D eigenvalue weighted by Gasteiger charge is -2.32. The largest absolute Gasteiger partial charge is 0.339 e. The van der Waals surface area contributed by atoms with E-state index in [4.69, 9.17) is 0 Å². The van der Waals surface area contributed by atoms with Gasteiger partial charge in [-0.05, 0) is 56.3 Å². The summed E-state index contributed by atoms with van der Waals surface area (Å²) in [5.74, 6) is 0.168. The van der Waals surface area contributed by atoms with Gasteiger partial charge in [0.1, 0.15) is 0 Å². The second-order valence-corrected chi connectivity index (χ2v) is 7.35. The zero-order valence-corrected chi connectivity index (χ0v) is 15.7. The summed E-state index contributed by atoms with van der Waals surface area (Å²) in [6.07, 6.45) is 4.62. The fourth-order valence-electron chi connectivity index (χ4n) is 3.62. The topological polar surface area (TPSA) is 69.7 Å². The minimum Gasteiger partial charge on any atom is -0.339 e. The van der Waals surface area contributed by atoms with Crippen molar-refractivity contribution in [2.75, 3.05) is 26.7 Å². The summed E-state index contributed by atoms with van der Waals surface area (Å²) in [5.41, 5.74) is 1.20. The summed E-state index contributed by atoms with van der Waals surface area (Å²) in [6, 6.07) is 5.32. The molecule has 1 aromatic rings. The number of likely N-dealkylation sites (tertiary alicyclic amines) is 1. The van der Waals surface area contributed by atoms with Gasteiger partial charge in [0.25, 0.3) is 17.7 Å². The molecule has 6 nitrogen and oxygen atoms in total. The zero-order valence-electron chi connectivity index (χ0n) is 14.9. The number of piperidine rings is 1. The molecule has 1 saturated heterocycles. The molecular formula is C19H24ClN3O3. The number of imide groups is 1. The normalized spacial score (nSPS) is 20.2. The molecule has 1 aromatic carbocycles. The van der Waals surface area contributed by atoms with Gasteiger partial charge in [-0.15, -0.1) is 12.4 Å². The highest BCUT2D eigenvalue weighted by molar-refractivity contribution is 6.21. The zero-order chi connectivity index (χ0) is 17.6. The Morgan fingerprint density at radius 1 is 1.08 bits per heavy atom. The van der Waals surface area contributed by atoms with Gasteiger partial charge in [-0.25, -0.2) is 0 Å². The first kappa shape index (κ1) is 18.9. The van der Waals surface area contributed by atoms with E-state index >= 15 is 0 Å². The van der Waals surface area contributed by atoms with Crippen LogP contribution in [-0.4, -0.2) is 60.2 Å². The van der Waals surface area contributed by atoms with E-state index in [9.17, 15) is 14.4 Å². The second-order valence-electron chi connectivity index (χ2n) is 7.35. The summed E-state index contributed by atoms with van der Waals surface area (Å²) in [4.78, 5) is 39.7. The standard InChI is InChI=1S/C19H23N3O3.ClH/c1-21-18(24)15-5-4-13(10-16(15)19(21)25)17(23)22-8-6-14(7-9-22)20-11-12-2-3-12;/h4-5,10,12,14,20H,2-3,6-9,11H2,1H3;1H. The fourth-order valence-corrected chi connectivity index (χ4v) is 3.62. The van der Waals surface area contributed by atoms with Crippen molar-refractivity contribution in [3.05, 3.63) is 34.9 Å². The van der Waals surface area contributed by atoms with Crippen molar-refractivity contribution < 1.29 is 14.4 Å². The monoisotopic (exact) mass is 377 g/mol. The Morgan fingerprint density at radius 2 is 1.73 bits per heavy atom. The average Bonchev–Trinajstić information content (AvgIpc) is 3.45. The third-order valence-corrected chi connectivity index (χ3v) is 5.51. The van der Waals surface area contributed by atoms with E-state index in [2.05, 4.69) is 5.32 Å². The van der Waals surface area contributed by atoms with Crippen LogP contribution in [0.25, 0.3) is 0 Å². The predicted octanol–water partition coefficient (Wildman–Crippen LogP) is 1.94. The highest BCUT2D eigenvalue weighted by Gasteiger charge is 2.34. The first-order chi connectivity index (χ1) is 12.0. The molecule has 3 aliphatic rings. The molecule has 1 N–H and O–H groups in total. The second kappa shape index (κ2) is 7.37. The number of rotatable bonds is 4. The Morgan fingerprint density at radius 3 is 2.38 bits per heavy atom. The number of halogens is 1. The van der Waals surface area contributed by atoms with Gasteiger partial charge in [0, 0.05) is 31.7 Å². The van der Waals surface area contributed by atoms with Crippen molar-refractivity contribution >= 4 is 30.1 Å². The number of carbonyl (C=O) groups excluding carboxylic acids is 3. The Balaban J connectivity index is 0.00000196. The van der Waals surface area contributed by atoms with Crippen molar-refractivity contribution in [2.24, 2.45) is 5.92 Å². The smallest absolute Gasteiger partial charge is 0.261 e. The number of benzene rings is 1. The molecule has 1 aliphatic carbocycles. The van der Waals surface area contributed by atoms with E-state index in [0.717, 1.165) is 43.3 Å². The number of nitrogens with one attached hydrogen (secondary N) is 1. The summed E-state index contributed by atoms with van der Waals surface area (Å²) < 4.78 is 0. The molecule has 140 valence electrons. The lowest BCUT2D eigenvalue weighted by atomic mass is 10.0. The van der Waals surface area contributed by atoms with E-state index in [1.165, 1.54) is 19.9 Å². The average molecular weight is 378 g/mol. The number of hydrogen-bond donors (Lipinski definition) is 1. The molecule has 0 aromatic heterocycles. The summed E-state index contributed by atoms with van der Waals surface area (Å²) in [7, 11) is 1.46. The van der Waals surface area contributed by atoms with Crippen LogP contribution >= 0.6 is 12.4 Å². The van der Waals surface area contributed by atoms with Crippen LogP contribution in [-0.2, 0) is 0 Å². The highest BCUT2D eigenvalue weighted by atomic mass is 35.5. The number of fused-ring (bicyclic) bond motifs is 1. The number of amides is 3. The lowest BCUT2D eigenvalue weighted by molar-refractivity contribution is 0.0689. The molecule has 2 fully saturated rings. The minimum absolute atomic E-state index is 0. The summed E-state index contributed by atoms with van der Waals surface area (Å²) in [5, 5.41) is 3.61. The van der Waals surface area contributed by atoms with Crippen LogP contribution < -0.4 is 5.32 Å². The minimum atomic E-state index is -0.336. The maximum absolute atomic E-state index is 12.7. The summed E-state index contributed by atoms with van der Waals surface area (Å²) in [6.45, 7) is 2.56.